The molecule has 30 heavy (non-hydrogen) atoms. The van der Waals surface area contributed by atoms with Gasteiger partial charge in [0, 0.05) is 0 Å². The molecule has 1 saturated heterocycles. The van der Waals surface area contributed by atoms with Crippen LogP contribution in [0.15, 0.2) is 0 Å². The molecule has 0 spiro atoms. The molecular weight excluding hydrogens is 461 g/mol. The predicted molar refractivity (Wildman–Crippen MR) is 128 cm³/mol. The van der Waals surface area contributed by atoms with Gasteiger partial charge in [0.1, 0.15) is 0 Å². The minimum absolute atomic E-state index is 0.0954. The summed E-state index contributed by atoms with van der Waals surface area (Å²) in [5.41, 5.74) is 0. The Labute approximate surface area is 190 Å². The van der Waals surface area contributed by atoms with Gasteiger partial charge in [-0.05, 0) is 26.6 Å². The summed E-state index contributed by atoms with van der Waals surface area (Å²) in [6, 6.07) is 0. The molecule has 2 unspecified atom stereocenters. The normalized spacial score (nSPS) is 21.8. The number of esters is 1. The van der Waals surface area contributed by atoms with Crippen molar-refractivity contribution >= 4 is 55.0 Å². The third-order valence-corrected chi connectivity index (χ3v) is 6.43. The number of ether oxygens (including phenoxy) is 2. The number of rotatable bonds is 14. The molecule has 1 aliphatic rings. The molecule has 0 aromatic heterocycles. The van der Waals surface area contributed by atoms with E-state index < -0.39 is 8.32 Å². The fourth-order valence-corrected chi connectivity index (χ4v) is 5.25. The van der Waals surface area contributed by atoms with Crippen LogP contribution in [0.5, 0.6) is 0 Å². The van der Waals surface area contributed by atoms with Crippen LogP contribution < -0.4 is 0 Å². The molecule has 6 atom stereocenters. The Bertz CT molecular complexity index is 602. The Morgan fingerprint density at radius 1 is 1.30 bits per heavy atom. The van der Waals surface area contributed by atoms with Crippen molar-refractivity contribution in [2.75, 3.05) is 13.2 Å². The summed E-state index contributed by atoms with van der Waals surface area (Å²) in [7, 11) is 0.405. The van der Waals surface area contributed by atoms with E-state index in [1.54, 1.807) is 13.7 Å². The molecule has 172 valence electrons. The standard InChI is InChI=1S/C18H35BO7P2SSi/c1-5-22-18(21)12-17(26-30(2,3)4)11-16-9-13(20)8-15(24-16)10-14(25-27)6-7-23-19-28-29/h14-17,28H,5-12,27H2,1-4H3/t14-,15-,16+,17+/m0/s1. The molecule has 0 aromatic rings. The van der Waals surface area contributed by atoms with Crippen molar-refractivity contribution in [2.24, 2.45) is 0 Å². The van der Waals surface area contributed by atoms with Crippen molar-refractivity contribution in [1.29, 1.82) is 0 Å². The van der Waals surface area contributed by atoms with Gasteiger partial charge in [-0.25, -0.2) is 0 Å². The maximum absolute atomic E-state index is 12.4. The fraction of sp³-hybridized carbons (Fsp3) is 0.889. The van der Waals surface area contributed by atoms with E-state index in [4.69, 9.17) is 34.9 Å². The average Bonchev–Trinajstić information content (AvgIpc) is 2.62. The van der Waals surface area contributed by atoms with Gasteiger partial charge < -0.3 is 4.74 Å². The third kappa shape index (κ3) is 12.9. The summed E-state index contributed by atoms with van der Waals surface area (Å²) in [5.74, 6) is -0.120. The van der Waals surface area contributed by atoms with E-state index in [0.29, 0.717) is 45.3 Å². The van der Waals surface area contributed by atoms with Crippen LogP contribution in [0.4, 0.5) is 0 Å². The first-order chi connectivity index (χ1) is 14.2. The molecule has 1 aliphatic heterocycles. The summed E-state index contributed by atoms with van der Waals surface area (Å²) in [4.78, 5) is 24.4. The van der Waals surface area contributed by atoms with Gasteiger partial charge in [-0.15, -0.1) is 0 Å². The monoisotopic (exact) mass is 496 g/mol. The molecule has 0 saturated carbocycles. The smallest absolute Gasteiger partial charge is 0.0461 e. The van der Waals surface area contributed by atoms with Crippen LogP contribution in [-0.4, -0.2) is 64.5 Å². The molecule has 0 amide bonds. The number of ketones is 1. The zero-order valence-electron chi connectivity index (χ0n) is 18.4. The van der Waals surface area contributed by atoms with Gasteiger partial charge in [0.05, 0.1) is 6.61 Å². The summed E-state index contributed by atoms with van der Waals surface area (Å²) in [5, 5.41) is 0. The second-order valence-electron chi connectivity index (χ2n) is 8.31. The Morgan fingerprint density at radius 3 is 2.47 bits per heavy atom. The summed E-state index contributed by atoms with van der Waals surface area (Å²) < 4.78 is 28.3. The van der Waals surface area contributed by atoms with Crippen LogP contribution in [-0.2, 0) is 44.5 Å². The van der Waals surface area contributed by atoms with Crippen LogP contribution in [0.25, 0.3) is 0 Å². The zero-order chi connectivity index (χ0) is 22.6. The Kier molecular flexibility index (Phi) is 14.2. The Morgan fingerprint density at radius 2 is 1.93 bits per heavy atom. The first kappa shape index (κ1) is 28.2. The Hall–Kier alpha value is 0.212. The Balaban J connectivity index is 2.68. The first-order valence-corrected chi connectivity index (χ1v) is 16.4. The molecule has 0 aromatic carbocycles. The molecule has 0 aliphatic carbocycles. The first-order valence-electron chi connectivity index (χ1n) is 10.3. The summed E-state index contributed by atoms with van der Waals surface area (Å²) >= 11 is 4.84. The van der Waals surface area contributed by atoms with Crippen LogP contribution in [0, 0.1) is 0 Å². The summed E-state index contributed by atoms with van der Waals surface area (Å²) in [6.07, 6.45) is 1.76. The minimum atomic E-state index is -1.88. The van der Waals surface area contributed by atoms with E-state index >= 15 is 0 Å². The van der Waals surface area contributed by atoms with Gasteiger partial charge in [0.2, 0.25) is 0 Å². The van der Waals surface area contributed by atoms with Crippen LogP contribution >= 0.6 is 16.3 Å². The molecule has 1 rings (SSSR count). The fourth-order valence-electron chi connectivity index (χ4n) is 3.44. The van der Waals surface area contributed by atoms with Crippen molar-refractivity contribution < 1.29 is 32.7 Å². The van der Waals surface area contributed by atoms with E-state index in [9.17, 15) is 9.59 Å². The van der Waals surface area contributed by atoms with Crippen molar-refractivity contribution in [3.05, 3.63) is 0 Å². The number of hydrogen-bond donors (Lipinski definition) is 0. The number of Topliss-reactive ketones (excluding diaryl/α,β-unsaturated/α-hetero) is 1. The zero-order valence-corrected chi connectivity index (χ0v) is 22.4. The van der Waals surface area contributed by atoms with Gasteiger partial charge in [-0.2, -0.15) is 0 Å². The number of carbonyl (C=O) groups excluding carboxylic acids is 2. The molecule has 0 bridgehead atoms. The van der Waals surface area contributed by atoms with E-state index in [0.717, 1.165) is 0 Å². The minimum Gasteiger partial charge on any atom is -0.0461 e. The van der Waals surface area contributed by atoms with Crippen molar-refractivity contribution in [2.45, 2.75) is 89.5 Å². The molecule has 0 N–H and O–H groups in total. The van der Waals surface area contributed by atoms with Crippen molar-refractivity contribution in [3.8, 4) is 0 Å². The second-order valence-corrected chi connectivity index (χ2v) is 14.2. The molecule has 12 heteroatoms. The van der Waals surface area contributed by atoms with Gasteiger partial charge >= 0.3 is 148 Å². The molecule has 1 heterocycles. The SMILES string of the molecule is CCOC(=O)C[C@@H](C[C@H]1CC(=O)C[C@@H](C[C@H](CCOB=[PH]=S)OP)O1)O[Si](C)(C)C. The van der Waals surface area contributed by atoms with E-state index in [-0.39, 0.29) is 49.4 Å². The summed E-state index contributed by atoms with van der Waals surface area (Å²) in [6.45, 7) is 10.7. The predicted octanol–water partition coefficient (Wildman–Crippen LogP) is 3.31. The molecular formula is C18H35BO7P2SSi. The van der Waals surface area contributed by atoms with Crippen LogP contribution in [0.3, 0.4) is 0 Å². The number of hydrogen-bond acceptors (Lipinski definition) is 8. The average molecular weight is 496 g/mol. The van der Waals surface area contributed by atoms with Crippen LogP contribution in [0.1, 0.15) is 45.4 Å². The third-order valence-electron chi connectivity index (χ3n) is 4.45. The topological polar surface area (TPSA) is 80.3 Å². The van der Waals surface area contributed by atoms with Crippen LogP contribution in [0.2, 0.25) is 19.6 Å². The van der Waals surface area contributed by atoms with Gasteiger partial charge in [0.15, 0.2) is 0 Å². The molecule has 7 nitrogen and oxygen atoms in total. The molecule has 0 radical (unpaired) electrons. The quantitative estimate of drug-likeness (QED) is 0.157. The van der Waals surface area contributed by atoms with E-state index in [1.165, 1.54) is 0 Å². The van der Waals surface area contributed by atoms with Gasteiger partial charge in [-0.1, -0.05) is 0 Å². The van der Waals surface area contributed by atoms with Crippen molar-refractivity contribution in [3.63, 3.8) is 0 Å². The van der Waals surface area contributed by atoms with Gasteiger partial charge in [-0.3, -0.25) is 4.79 Å². The molecule has 1 fully saturated rings. The number of carbonyl (C=O) groups is 2. The van der Waals surface area contributed by atoms with E-state index in [2.05, 4.69) is 29.1 Å². The van der Waals surface area contributed by atoms with Crippen molar-refractivity contribution in [1.82, 2.24) is 0 Å². The van der Waals surface area contributed by atoms with Gasteiger partial charge in [0.25, 0.3) is 0 Å². The second kappa shape index (κ2) is 15.1. The van der Waals surface area contributed by atoms with E-state index in [1.807, 2.05) is 0 Å². The maximum atomic E-state index is 12.4.